The van der Waals surface area contributed by atoms with Gasteiger partial charge in [0.05, 0.1) is 12.9 Å². The molecule has 0 aliphatic carbocycles. The van der Waals surface area contributed by atoms with Crippen molar-refractivity contribution >= 4 is 23.0 Å². The van der Waals surface area contributed by atoms with Crippen molar-refractivity contribution in [2.75, 3.05) is 26.2 Å². The van der Waals surface area contributed by atoms with Crippen molar-refractivity contribution in [1.29, 1.82) is 0 Å². The Bertz CT molecular complexity index is 1210. The van der Waals surface area contributed by atoms with Crippen LogP contribution in [0.15, 0.2) is 65.3 Å². The lowest BCUT2D eigenvalue weighted by Gasteiger charge is -2.34. The van der Waals surface area contributed by atoms with Gasteiger partial charge in [-0.25, -0.2) is 4.68 Å². The zero-order valence-corrected chi connectivity index (χ0v) is 18.6. The maximum Gasteiger partial charge on any atom is 0.199 e. The Kier molecular flexibility index (Phi) is 5.72. The van der Waals surface area contributed by atoms with Crippen LogP contribution in [0.25, 0.3) is 22.4 Å². The van der Waals surface area contributed by atoms with E-state index in [9.17, 15) is 0 Å². The van der Waals surface area contributed by atoms with E-state index < -0.39 is 0 Å². The molecule has 0 atom stereocenters. The van der Waals surface area contributed by atoms with E-state index in [0.717, 1.165) is 55.6 Å². The zero-order valence-electron chi connectivity index (χ0n) is 17.8. The van der Waals surface area contributed by atoms with Gasteiger partial charge in [-0.15, -0.1) is 5.10 Å². The molecule has 1 aliphatic heterocycles. The highest BCUT2D eigenvalue weighted by molar-refractivity contribution is 7.71. The lowest BCUT2D eigenvalue weighted by molar-refractivity contribution is 0.0983. The molecule has 1 aliphatic rings. The summed E-state index contributed by atoms with van der Waals surface area (Å²) in [5.74, 6) is 1.55. The maximum atomic E-state index is 5.69. The Morgan fingerprint density at radius 1 is 0.935 bits per heavy atom. The molecule has 0 N–H and O–H groups in total. The van der Waals surface area contributed by atoms with E-state index in [1.54, 1.807) is 6.26 Å². The van der Waals surface area contributed by atoms with Crippen LogP contribution < -0.4 is 0 Å². The highest BCUT2D eigenvalue weighted by Gasteiger charge is 2.20. The molecule has 0 saturated carbocycles. The van der Waals surface area contributed by atoms with Gasteiger partial charge in [0.15, 0.2) is 16.4 Å². The molecule has 1 saturated heterocycles. The van der Waals surface area contributed by atoms with E-state index >= 15 is 0 Å². The summed E-state index contributed by atoms with van der Waals surface area (Å²) in [6, 6.07) is 19.1. The van der Waals surface area contributed by atoms with Gasteiger partial charge in [-0.1, -0.05) is 42.5 Å². The quantitative estimate of drug-likeness (QED) is 0.415. The number of fused-ring (bicyclic) bond motifs is 1. The second-order valence-corrected chi connectivity index (χ2v) is 8.37. The van der Waals surface area contributed by atoms with Gasteiger partial charge in [0, 0.05) is 39.3 Å². The fraction of sp³-hybridized carbons (Fsp3) is 0.333. The number of rotatable bonds is 6. The van der Waals surface area contributed by atoms with E-state index in [-0.39, 0.29) is 0 Å². The molecule has 2 aromatic heterocycles. The standard InChI is InChI=1S/C24H27N5OS/c1-2-28-23(22-11-6-16-30-22)25-29(24(28)31)18-27-14-12-26(13-15-27)17-20-9-5-8-19-7-3-4-10-21(19)20/h3-11,16H,2,12-15,17-18H2,1H3. The highest BCUT2D eigenvalue weighted by Crippen LogP contribution is 2.21. The number of furan rings is 1. The lowest BCUT2D eigenvalue weighted by atomic mass is 10.0. The van der Waals surface area contributed by atoms with E-state index in [1.165, 1.54) is 16.3 Å². The predicted molar refractivity (Wildman–Crippen MR) is 125 cm³/mol. The molecule has 0 amide bonds. The van der Waals surface area contributed by atoms with E-state index in [1.807, 2.05) is 21.4 Å². The van der Waals surface area contributed by atoms with Crippen LogP contribution in [0.5, 0.6) is 0 Å². The number of nitrogens with zero attached hydrogens (tertiary/aromatic N) is 5. The Morgan fingerprint density at radius 2 is 1.71 bits per heavy atom. The first-order chi connectivity index (χ1) is 15.2. The van der Waals surface area contributed by atoms with Crippen molar-refractivity contribution in [3.8, 4) is 11.6 Å². The maximum absolute atomic E-state index is 5.69. The van der Waals surface area contributed by atoms with E-state index in [0.29, 0.717) is 6.67 Å². The predicted octanol–water partition coefficient (Wildman–Crippen LogP) is 4.62. The van der Waals surface area contributed by atoms with Gasteiger partial charge in [-0.05, 0) is 47.6 Å². The second-order valence-electron chi connectivity index (χ2n) is 8.00. The first-order valence-electron chi connectivity index (χ1n) is 10.9. The third kappa shape index (κ3) is 4.08. The van der Waals surface area contributed by atoms with Gasteiger partial charge >= 0.3 is 0 Å². The van der Waals surface area contributed by atoms with E-state index in [4.69, 9.17) is 21.7 Å². The van der Waals surface area contributed by atoms with Gasteiger partial charge in [-0.3, -0.25) is 14.4 Å². The van der Waals surface area contributed by atoms with Crippen molar-refractivity contribution in [3.05, 3.63) is 71.2 Å². The first kappa shape index (κ1) is 20.2. The van der Waals surface area contributed by atoms with Crippen molar-refractivity contribution in [2.45, 2.75) is 26.7 Å². The van der Waals surface area contributed by atoms with Crippen LogP contribution >= 0.6 is 12.2 Å². The number of aromatic nitrogens is 3. The zero-order chi connectivity index (χ0) is 21.2. The molecule has 0 spiro atoms. The molecule has 160 valence electrons. The average molecular weight is 434 g/mol. The van der Waals surface area contributed by atoms with Gasteiger partial charge < -0.3 is 4.42 Å². The van der Waals surface area contributed by atoms with E-state index in [2.05, 4.69) is 59.2 Å². The fourth-order valence-electron chi connectivity index (χ4n) is 4.36. The largest absolute Gasteiger partial charge is 0.461 e. The summed E-state index contributed by atoms with van der Waals surface area (Å²) in [6.45, 7) is 8.63. The molecule has 2 aromatic carbocycles. The summed E-state index contributed by atoms with van der Waals surface area (Å²) in [6.07, 6.45) is 1.67. The summed E-state index contributed by atoms with van der Waals surface area (Å²) in [4.78, 5) is 4.96. The fourth-order valence-corrected chi connectivity index (χ4v) is 4.67. The summed E-state index contributed by atoms with van der Waals surface area (Å²) in [5.41, 5.74) is 1.40. The number of hydrogen-bond donors (Lipinski definition) is 0. The third-order valence-corrected chi connectivity index (χ3v) is 6.48. The average Bonchev–Trinajstić information content (AvgIpc) is 3.44. The van der Waals surface area contributed by atoms with Gasteiger partial charge in [0.25, 0.3) is 0 Å². The van der Waals surface area contributed by atoms with Crippen molar-refractivity contribution in [2.24, 2.45) is 0 Å². The summed E-state index contributed by atoms with van der Waals surface area (Å²) in [7, 11) is 0. The Balaban J connectivity index is 1.25. The molecule has 3 heterocycles. The molecule has 0 radical (unpaired) electrons. The van der Waals surface area contributed by atoms with Crippen molar-refractivity contribution in [3.63, 3.8) is 0 Å². The third-order valence-electron chi connectivity index (χ3n) is 6.05. The molecule has 4 aromatic rings. The number of hydrogen-bond acceptors (Lipinski definition) is 5. The molecule has 0 bridgehead atoms. The summed E-state index contributed by atoms with van der Waals surface area (Å²) < 4.78 is 10.3. The smallest absolute Gasteiger partial charge is 0.199 e. The molecule has 5 rings (SSSR count). The normalized spacial score (nSPS) is 15.6. The number of piperazine rings is 1. The summed E-state index contributed by atoms with van der Waals surface area (Å²) >= 11 is 5.69. The molecule has 6 nitrogen and oxygen atoms in total. The van der Waals surface area contributed by atoms with Crippen LogP contribution in [0.1, 0.15) is 12.5 Å². The van der Waals surface area contributed by atoms with Crippen LogP contribution in [-0.4, -0.2) is 50.3 Å². The Morgan fingerprint density at radius 3 is 2.48 bits per heavy atom. The number of benzene rings is 2. The molecule has 7 heteroatoms. The highest BCUT2D eigenvalue weighted by atomic mass is 32.1. The Hall–Kier alpha value is -2.74. The minimum absolute atomic E-state index is 0.710. The molecule has 31 heavy (non-hydrogen) atoms. The Labute approximate surface area is 187 Å². The van der Waals surface area contributed by atoms with Gasteiger partial charge in [-0.2, -0.15) is 0 Å². The first-order valence-corrected chi connectivity index (χ1v) is 11.3. The topological polar surface area (TPSA) is 42.4 Å². The van der Waals surface area contributed by atoms with Gasteiger partial charge in [0.2, 0.25) is 0 Å². The second kappa shape index (κ2) is 8.78. The molecule has 0 unspecified atom stereocenters. The van der Waals surface area contributed by atoms with Crippen molar-refractivity contribution < 1.29 is 4.42 Å². The monoisotopic (exact) mass is 433 g/mol. The van der Waals surface area contributed by atoms with Crippen LogP contribution in [-0.2, 0) is 19.8 Å². The minimum Gasteiger partial charge on any atom is -0.461 e. The molecule has 1 fully saturated rings. The summed E-state index contributed by atoms with van der Waals surface area (Å²) in [5, 5.41) is 7.43. The van der Waals surface area contributed by atoms with Crippen LogP contribution in [0.4, 0.5) is 0 Å². The molecular formula is C24H27N5OS. The lowest BCUT2D eigenvalue weighted by Crippen LogP contribution is -2.46. The van der Waals surface area contributed by atoms with Crippen LogP contribution in [0, 0.1) is 4.77 Å². The van der Waals surface area contributed by atoms with Gasteiger partial charge in [0.1, 0.15) is 0 Å². The minimum atomic E-state index is 0.710. The SMILES string of the molecule is CCn1c(-c2ccco2)nn(CN2CCN(Cc3cccc4ccccc34)CC2)c1=S. The van der Waals surface area contributed by atoms with Crippen molar-refractivity contribution in [1.82, 2.24) is 24.1 Å². The van der Waals surface area contributed by atoms with Crippen LogP contribution in [0.2, 0.25) is 0 Å². The van der Waals surface area contributed by atoms with Crippen LogP contribution in [0.3, 0.4) is 0 Å². The molecular weight excluding hydrogens is 406 g/mol.